The largest absolute Gasteiger partial charge is 0.437 e. The van der Waals surface area contributed by atoms with Crippen LogP contribution in [0, 0.1) is 5.92 Å². The molecule has 1 saturated carbocycles. The number of oxazole rings is 1. The second kappa shape index (κ2) is 6.88. The van der Waals surface area contributed by atoms with E-state index in [-0.39, 0.29) is 11.8 Å². The van der Waals surface area contributed by atoms with Crippen molar-refractivity contribution >= 4 is 5.91 Å². The minimum atomic E-state index is -0.0843. The number of hydrogen-bond donors (Lipinski definition) is 0. The standard InChI is InChI=1S/C21H27N3O2/c1-14-11-17(12-14)23(3)21(25)20-22-18-13-24(10-9-19(18)26-20)15(2)16-7-5-4-6-8-16/h4-8,14-15,17H,9-13H2,1-3H3/t14?,15-,17?/m0/s1. The van der Waals surface area contributed by atoms with Crippen LogP contribution in [0.2, 0.25) is 0 Å². The van der Waals surface area contributed by atoms with Crippen molar-refractivity contribution in [2.75, 3.05) is 13.6 Å². The maximum absolute atomic E-state index is 12.7. The Hall–Kier alpha value is -2.14. The molecular formula is C21H27N3O2. The molecule has 138 valence electrons. The van der Waals surface area contributed by atoms with Gasteiger partial charge < -0.3 is 9.32 Å². The SMILES string of the molecule is CC1CC(N(C)C(=O)c2nc3c(o2)CCN([C@@H](C)c2ccccc2)C3)C1. The second-order valence-corrected chi connectivity index (χ2v) is 7.84. The lowest BCUT2D eigenvalue weighted by Crippen LogP contribution is -2.44. The summed E-state index contributed by atoms with van der Waals surface area (Å²) in [6.07, 6.45) is 2.95. The van der Waals surface area contributed by atoms with Gasteiger partial charge in [0.05, 0.1) is 5.69 Å². The molecule has 2 aliphatic rings. The van der Waals surface area contributed by atoms with Gasteiger partial charge in [0, 0.05) is 38.6 Å². The Labute approximate surface area is 155 Å². The van der Waals surface area contributed by atoms with Crippen LogP contribution >= 0.6 is 0 Å². The van der Waals surface area contributed by atoms with Crippen LogP contribution in [0.1, 0.15) is 60.4 Å². The summed E-state index contributed by atoms with van der Waals surface area (Å²) in [4.78, 5) is 21.5. The number of nitrogens with zero attached hydrogens (tertiary/aromatic N) is 3. The summed E-state index contributed by atoms with van der Waals surface area (Å²) in [5, 5.41) is 0. The van der Waals surface area contributed by atoms with Crippen LogP contribution in [-0.2, 0) is 13.0 Å². The molecule has 5 nitrogen and oxygen atoms in total. The number of hydrogen-bond acceptors (Lipinski definition) is 4. The van der Waals surface area contributed by atoms with Crippen molar-refractivity contribution in [2.45, 2.75) is 51.7 Å². The topological polar surface area (TPSA) is 49.6 Å². The monoisotopic (exact) mass is 353 g/mol. The fourth-order valence-electron chi connectivity index (χ4n) is 4.08. The van der Waals surface area contributed by atoms with Gasteiger partial charge in [0.1, 0.15) is 5.76 Å². The molecule has 5 heteroatoms. The van der Waals surface area contributed by atoms with Crippen LogP contribution in [0.5, 0.6) is 0 Å². The summed E-state index contributed by atoms with van der Waals surface area (Å²) in [6, 6.07) is 11.2. The van der Waals surface area contributed by atoms with Gasteiger partial charge in [0.2, 0.25) is 0 Å². The van der Waals surface area contributed by atoms with Crippen molar-refractivity contribution in [3.8, 4) is 0 Å². The quantitative estimate of drug-likeness (QED) is 0.842. The molecule has 4 rings (SSSR count). The van der Waals surface area contributed by atoms with Crippen molar-refractivity contribution in [1.82, 2.24) is 14.8 Å². The average molecular weight is 353 g/mol. The molecule has 2 aromatic rings. The molecule has 26 heavy (non-hydrogen) atoms. The van der Waals surface area contributed by atoms with Gasteiger partial charge >= 0.3 is 5.91 Å². The van der Waals surface area contributed by atoms with E-state index in [0.29, 0.717) is 18.0 Å². The highest BCUT2D eigenvalue weighted by Crippen LogP contribution is 2.32. The average Bonchev–Trinajstić information content (AvgIpc) is 3.07. The lowest BCUT2D eigenvalue weighted by atomic mass is 9.81. The Morgan fingerprint density at radius 1 is 1.31 bits per heavy atom. The van der Waals surface area contributed by atoms with E-state index in [9.17, 15) is 4.79 Å². The van der Waals surface area contributed by atoms with Crippen molar-refractivity contribution < 1.29 is 9.21 Å². The molecule has 0 spiro atoms. The molecule has 1 aromatic heterocycles. The van der Waals surface area contributed by atoms with Crippen LogP contribution in [0.25, 0.3) is 0 Å². The molecule has 1 atom stereocenters. The third kappa shape index (κ3) is 3.16. The molecular weight excluding hydrogens is 326 g/mol. The minimum Gasteiger partial charge on any atom is -0.437 e. The maximum atomic E-state index is 12.7. The molecule has 1 fully saturated rings. The lowest BCUT2D eigenvalue weighted by Gasteiger charge is -2.38. The minimum absolute atomic E-state index is 0.0843. The van der Waals surface area contributed by atoms with Gasteiger partial charge in [-0.15, -0.1) is 0 Å². The van der Waals surface area contributed by atoms with E-state index in [0.717, 1.165) is 43.8 Å². The van der Waals surface area contributed by atoms with E-state index in [1.165, 1.54) is 5.56 Å². The zero-order valence-electron chi connectivity index (χ0n) is 15.8. The lowest BCUT2D eigenvalue weighted by molar-refractivity contribution is 0.0531. The summed E-state index contributed by atoms with van der Waals surface area (Å²) < 4.78 is 5.84. The predicted octanol–water partition coefficient (Wildman–Crippen LogP) is 3.66. The van der Waals surface area contributed by atoms with Gasteiger partial charge in [-0.2, -0.15) is 0 Å². The first kappa shape index (κ1) is 17.3. The number of rotatable bonds is 4. The summed E-state index contributed by atoms with van der Waals surface area (Å²) >= 11 is 0. The van der Waals surface area contributed by atoms with Gasteiger partial charge in [-0.25, -0.2) is 4.98 Å². The molecule has 1 amide bonds. The van der Waals surface area contributed by atoms with E-state index < -0.39 is 0 Å². The van der Waals surface area contributed by atoms with E-state index in [1.54, 1.807) is 0 Å². The van der Waals surface area contributed by atoms with Crippen molar-refractivity contribution in [2.24, 2.45) is 5.92 Å². The van der Waals surface area contributed by atoms with Gasteiger partial charge in [-0.3, -0.25) is 9.69 Å². The molecule has 1 aliphatic heterocycles. The van der Waals surface area contributed by atoms with E-state index in [1.807, 2.05) is 18.0 Å². The van der Waals surface area contributed by atoms with Crippen LogP contribution in [0.15, 0.2) is 34.7 Å². The number of benzene rings is 1. The summed E-state index contributed by atoms with van der Waals surface area (Å²) in [7, 11) is 1.87. The predicted molar refractivity (Wildman–Crippen MR) is 99.8 cm³/mol. The zero-order valence-corrected chi connectivity index (χ0v) is 15.8. The van der Waals surface area contributed by atoms with Crippen molar-refractivity contribution in [3.63, 3.8) is 0 Å². The highest BCUT2D eigenvalue weighted by molar-refractivity contribution is 5.89. The number of carbonyl (C=O) groups excluding carboxylic acids is 1. The fourth-order valence-corrected chi connectivity index (χ4v) is 4.08. The van der Waals surface area contributed by atoms with E-state index >= 15 is 0 Å². The molecule has 0 saturated heterocycles. The highest BCUT2D eigenvalue weighted by Gasteiger charge is 2.34. The Kier molecular flexibility index (Phi) is 4.57. The molecule has 0 bridgehead atoms. The Morgan fingerprint density at radius 3 is 2.73 bits per heavy atom. The van der Waals surface area contributed by atoms with Crippen LogP contribution in [-0.4, -0.2) is 40.3 Å². The van der Waals surface area contributed by atoms with Gasteiger partial charge in [0.25, 0.3) is 5.89 Å². The normalized spacial score (nSPS) is 23.8. The highest BCUT2D eigenvalue weighted by atomic mass is 16.4. The van der Waals surface area contributed by atoms with Crippen molar-refractivity contribution in [3.05, 3.63) is 53.2 Å². The Balaban J connectivity index is 1.46. The number of carbonyl (C=O) groups is 1. The molecule has 0 N–H and O–H groups in total. The van der Waals surface area contributed by atoms with E-state index in [4.69, 9.17) is 4.42 Å². The van der Waals surface area contributed by atoms with Gasteiger partial charge in [-0.05, 0) is 31.2 Å². The number of amides is 1. The van der Waals surface area contributed by atoms with Crippen molar-refractivity contribution in [1.29, 1.82) is 0 Å². The second-order valence-electron chi connectivity index (χ2n) is 7.84. The molecule has 0 radical (unpaired) electrons. The first-order chi connectivity index (χ1) is 12.5. The molecule has 1 aliphatic carbocycles. The Morgan fingerprint density at radius 2 is 2.04 bits per heavy atom. The Bertz CT molecular complexity index is 780. The third-order valence-electron chi connectivity index (χ3n) is 5.99. The molecule has 0 unspecified atom stereocenters. The zero-order chi connectivity index (χ0) is 18.3. The number of fused-ring (bicyclic) bond motifs is 1. The fraction of sp³-hybridized carbons (Fsp3) is 0.524. The van der Waals surface area contributed by atoms with Gasteiger partial charge in [-0.1, -0.05) is 37.3 Å². The van der Waals surface area contributed by atoms with Crippen LogP contribution in [0.3, 0.4) is 0 Å². The smallest absolute Gasteiger partial charge is 0.309 e. The van der Waals surface area contributed by atoms with Gasteiger partial charge in [0.15, 0.2) is 0 Å². The van der Waals surface area contributed by atoms with Crippen LogP contribution in [0.4, 0.5) is 0 Å². The maximum Gasteiger partial charge on any atom is 0.309 e. The first-order valence-corrected chi connectivity index (χ1v) is 9.57. The number of aromatic nitrogens is 1. The van der Waals surface area contributed by atoms with E-state index in [2.05, 4.69) is 48.0 Å². The molecule has 2 heterocycles. The first-order valence-electron chi connectivity index (χ1n) is 9.57. The third-order valence-corrected chi connectivity index (χ3v) is 5.99. The summed E-state index contributed by atoms with van der Waals surface area (Å²) in [6.45, 7) is 6.09. The summed E-state index contributed by atoms with van der Waals surface area (Å²) in [5.41, 5.74) is 2.22. The summed E-state index contributed by atoms with van der Waals surface area (Å²) in [5.74, 6) is 1.76. The molecule has 1 aromatic carbocycles. The van der Waals surface area contributed by atoms with Crippen LogP contribution < -0.4 is 0 Å².